The third kappa shape index (κ3) is 5.73. The van der Waals surface area contributed by atoms with Crippen LogP contribution in [0.2, 0.25) is 0 Å². The summed E-state index contributed by atoms with van der Waals surface area (Å²) in [4.78, 5) is 11.8. The van der Waals surface area contributed by atoms with Gasteiger partial charge in [0.15, 0.2) is 0 Å². The highest BCUT2D eigenvalue weighted by Crippen LogP contribution is 2.04. The quantitative estimate of drug-likeness (QED) is 0.585. The largest absolute Gasteiger partial charge is 0.352 e. The number of aryl methyl sites for hydroxylation is 1. The van der Waals surface area contributed by atoms with Crippen LogP contribution in [0.3, 0.4) is 0 Å². The number of carbonyl (C=O) groups is 1. The molecular formula is C14H20ClNO. The number of hydrogen-bond acceptors (Lipinski definition) is 1. The van der Waals surface area contributed by atoms with Gasteiger partial charge in [-0.1, -0.05) is 30.5 Å². The molecule has 0 saturated heterocycles. The monoisotopic (exact) mass is 253 g/mol. The number of amides is 1. The average molecular weight is 254 g/mol. The van der Waals surface area contributed by atoms with Crippen LogP contribution in [0.4, 0.5) is 0 Å². The SMILES string of the molecule is Cc1cccc(C(=O)NCCCCCCCl)c1. The number of benzene rings is 1. The molecular weight excluding hydrogens is 234 g/mol. The van der Waals surface area contributed by atoms with Crippen LogP contribution >= 0.6 is 11.6 Å². The molecule has 0 spiro atoms. The van der Waals surface area contributed by atoms with Gasteiger partial charge in [0.2, 0.25) is 0 Å². The fraction of sp³-hybridized carbons (Fsp3) is 0.500. The predicted octanol–water partition coefficient (Wildman–Crippen LogP) is 3.52. The first-order chi connectivity index (χ1) is 8.24. The molecule has 0 bridgehead atoms. The highest BCUT2D eigenvalue weighted by atomic mass is 35.5. The Labute approximate surface area is 108 Å². The van der Waals surface area contributed by atoms with Crippen LogP contribution in [0.5, 0.6) is 0 Å². The minimum absolute atomic E-state index is 0.0195. The zero-order valence-electron chi connectivity index (χ0n) is 10.3. The Morgan fingerprint density at radius 1 is 1.24 bits per heavy atom. The van der Waals surface area contributed by atoms with Gasteiger partial charge >= 0.3 is 0 Å². The molecule has 1 rings (SSSR count). The first-order valence-electron chi connectivity index (χ1n) is 6.15. The molecule has 0 aliphatic rings. The first-order valence-corrected chi connectivity index (χ1v) is 6.68. The maximum atomic E-state index is 11.8. The Morgan fingerprint density at radius 3 is 2.71 bits per heavy atom. The van der Waals surface area contributed by atoms with Crippen molar-refractivity contribution in [2.75, 3.05) is 12.4 Å². The van der Waals surface area contributed by atoms with Gasteiger partial charge in [-0.3, -0.25) is 4.79 Å². The number of hydrogen-bond donors (Lipinski definition) is 1. The van der Waals surface area contributed by atoms with Crippen molar-refractivity contribution < 1.29 is 4.79 Å². The summed E-state index contributed by atoms with van der Waals surface area (Å²) in [5.74, 6) is 0.751. The van der Waals surface area contributed by atoms with Crippen LogP contribution in [-0.2, 0) is 0 Å². The van der Waals surface area contributed by atoms with E-state index in [1.807, 2.05) is 31.2 Å². The van der Waals surface area contributed by atoms with Crippen LogP contribution in [-0.4, -0.2) is 18.3 Å². The number of unbranched alkanes of at least 4 members (excludes halogenated alkanes) is 3. The minimum Gasteiger partial charge on any atom is -0.352 e. The number of carbonyl (C=O) groups excluding carboxylic acids is 1. The molecule has 0 aliphatic heterocycles. The Morgan fingerprint density at radius 2 is 2.00 bits per heavy atom. The summed E-state index contributed by atoms with van der Waals surface area (Å²) in [7, 11) is 0. The second-order valence-electron chi connectivity index (χ2n) is 4.23. The molecule has 2 nitrogen and oxygen atoms in total. The van der Waals surface area contributed by atoms with E-state index in [1.54, 1.807) is 0 Å². The number of rotatable bonds is 7. The smallest absolute Gasteiger partial charge is 0.251 e. The fourth-order valence-electron chi connectivity index (χ4n) is 1.66. The van der Waals surface area contributed by atoms with Crippen LogP contribution < -0.4 is 5.32 Å². The number of nitrogens with one attached hydrogen (secondary N) is 1. The van der Waals surface area contributed by atoms with Crippen molar-refractivity contribution in [1.82, 2.24) is 5.32 Å². The summed E-state index contributed by atoms with van der Waals surface area (Å²) < 4.78 is 0. The molecule has 17 heavy (non-hydrogen) atoms. The molecule has 0 heterocycles. The van der Waals surface area contributed by atoms with Crippen molar-refractivity contribution in [1.29, 1.82) is 0 Å². The molecule has 1 N–H and O–H groups in total. The average Bonchev–Trinajstić information content (AvgIpc) is 2.33. The Hall–Kier alpha value is -1.02. The molecule has 0 radical (unpaired) electrons. The van der Waals surface area contributed by atoms with Crippen molar-refractivity contribution in [2.24, 2.45) is 0 Å². The molecule has 0 aliphatic carbocycles. The summed E-state index contributed by atoms with van der Waals surface area (Å²) in [5, 5.41) is 2.93. The predicted molar refractivity (Wildman–Crippen MR) is 72.7 cm³/mol. The topological polar surface area (TPSA) is 29.1 Å². The Kier molecular flexibility index (Phi) is 6.71. The van der Waals surface area contributed by atoms with Crippen molar-refractivity contribution in [3.63, 3.8) is 0 Å². The van der Waals surface area contributed by atoms with Gasteiger partial charge in [0.05, 0.1) is 0 Å². The van der Waals surface area contributed by atoms with E-state index in [1.165, 1.54) is 0 Å². The maximum Gasteiger partial charge on any atom is 0.251 e. The summed E-state index contributed by atoms with van der Waals surface area (Å²) in [5.41, 5.74) is 1.85. The van der Waals surface area contributed by atoms with Gasteiger partial charge in [0, 0.05) is 18.0 Å². The van der Waals surface area contributed by atoms with Crippen LogP contribution in [0.1, 0.15) is 41.6 Å². The maximum absolute atomic E-state index is 11.8. The molecule has 1 aromatic rings. The van der Waals surface area contributed by atoms with Crippen LogP contribution in [0.15, 0.2) is 24.3 Å². The lowest BCUT2D eigenvalue weighted by molar-refractivity contribution is 0.0953. The van der Waals surface area contributed by atoms with Gasteiger partial charge in [0.25, 0.3) is 5.91 Å². The normalized spacial score (nSPS) is 10.2. The highest BCUT2D eigenvalue weighted by molar-refractivity contribution is 6.17. The number of alkyl halides is 1. The van der Waals surface area contributed by atoms with Crippen molar-refractivity contribution >= 4 is 17.5 Å². The van der Waals surface area contributed by atoms with E-state index in [-0.39, 0.29) is 5.91 Å². The van der Waals surface area contributed by atoms with Gasteiger partial charge in [0.1, 0.15) is 0 Å². The van der Waals surface area contributed by atoms with Gasteiger partial charge in [-0.05, 0) is 31.9 Å². The summed E-state index contributed by atoms with van der Waals surface area (Å²) in [6, 6.07) is 7.65. The zero-order valence-corrected chi connectivity index (χ0v) is 11.1. The van der Waals surface area contributed by atoms with E-state index < -0.39 is 0 Å². The lowest BCUT2D eigenvalue weighted by Crippen LogP contribution is -2.24. The molecule has 94 valence electrons. The van der Waals surface area contributed by atoms with Crippen molar-refractivity contribution in [3.8, 4) is 0 Å². The summed E-state index contributed by atoms with van der Waals surface area (Å²) in [6.07, 6.45) is 4.35. The highest BCUT2D eigenvalue weighted by Gasteiger charge is 2.03. The van der Waals surface area contributed by atoms with E-state index in [0.29, 0.717) is 0 Å². The van der Waals surface area contributed by atoms with Gasteiger partial charge in [-0.15, -0.1) is 11.6 Å². The number of halogens is 1. The third-order valence-corrected chi connectivity index (χ3v) is 2.89. The van der Waals surface area contributed by atoms with E-state index in [0.717, 1.165) is 49.2 Å². The van der Waals surface area contributed by atoms with Crippen molar-refractivity contribution in [2.45, 2.75) is 32.6 Å². The zero-order chi connectivity index (χ0) is 12.5. The van der Waals surface area contributed by atoms with E-state index in [4.69, 9.17) is 11.6 Å². The lowest BCUT2D eigenvalue weighted by Gasteiger charge is -2.05. The molecule has 1 aromatic carbocycles. The molecule has 0 aromatic heterocycles. The second-order valence-corrected chi connectivity index (χ2v) is 4.61. The Balaban J connectivity index is 2.21. The third-order valence-electron chi connectivity index (χ3n) is 2.63. The molecule has 1 amide bonds. The van der Waals surface area contributed by atoms with E-state index in [9.17, 15) is 4.79 Å². The lowest BCUT2D eigenvalue weighted by atomic mass is 10.1. The second kappa shape index (κ2) is 8.13. The van der Waals surface area contributed by atoms with E-state index in [2.05, 4.69) is 5.32 Å². The molecule has 3 heteroatoms. The van der Waals surface area contributed by atoms with Crippen molar-refractivity contribution in [3.05, 3.63) is 35.4 Å². The van der Waals surface area contributed by atoms with Crippen LogP contribution in [0.25, 0.3) is 0 Å². The van der Waals surface area contributed by atoms with Gasteiger partial charge < -0.3 is 5.32 Å². The molecule has 0 unspecified atom stereocenters. The molecule has 0 saturated carbocycles. The van der Waals surface area contributed by atoms with E-state index >= 15 is 0 Å². The van der Waals surface area contributed by atoms with Gasteiger partial charge in [-0.2, -0.15) is 0 Å². The summed E-state index contributed by atoms with van der Waals surface area (Å²) >= 11 is 5.59. The molecule has 0 atom stereocenters. The summed E-state index contributed by atoms with van der Waals surface area (Å²) in [6.45, 7) is 2.73. The van der Waals surface area contributed by atoms with Gasteiger partial charge in [-0.25, -0.2) is 0 Å². The first kappa shape index (κ1) is 14.0. The van der Waals surface area contributed by atoms with Crippen LogP contribution in [0, 0.1) is 6.92 Å². The Bertz CT molecular complexity index is 352. The molecule has 0 fully saturated rings. The minimum atomic E-state index is 0.0195. The fourth-order valence-corrected chi connectivity index (χ4v) is 1.85. The standard InChI is InChI=1S/C14H20ClNO/c1-12-7-6-8-13(11-12)14(17)16-10-5-3-2-4-9-15/h6-8,11H,2-5,9-10H2,1H3,(H,16,17).